The van der Waals surface area contributed by atoms with Crippen LogP contribution in [0.15, 0.2) is 0 Å². The highest BCUT2D eigenvalue weighted by atomic mass is 16.8. The number of carbonyl (C=O) groups is 1. The van der Waals surface area contributed by atoms with Gasteiger partial charge in [0.1, 0.15) is 36.6 Å². The summed E-state index contributed by atoms with van der Waals surface area (Å²) in [5, 5.41) is 52.1. The minimum atomic E-state index is -1.61. The van der Waals surface area contributed by atoms with Crippen molar-refractivity contribution in [2.75, 3.05) is 13.2 Å². The molecule has 43 heavy (non-hydrogen) atoms. The van der Waals surface area contributed by atoms with Gasteiger partial charge in [0.25, 0.3) is 0 Å². The minimum absolute atomic E-state index is 0.218. The molecule has 0 aromatic rings. The fraction of sp³-hybridized carbons (Fsp3) is 0.969. The van der Waals surface area contributed by atoms with Crippen molar-refractivity contribution in [2.24, 2.45) is 0 Å². The second-order valence-electron chi connectivity index (χ2n) is 12.2. The summed E-state index contributed by atoms with van der Waals surface area (Å²) in [6.07, 6.45) is 4.48. The molecule has 0 radical (unpaired) electrons. The third kappa shape index (κ3) is 13.2. The van der Waals surface area contributed by atoms with Crippen molar-refractivity contribution in [3.05, 3.63) is 0 Å². The molecule has 5 N–H and O–H groups in total. The highest BCUT2D eigenvalue weighted by Gasteiger charge is 2.51. The van der Waals surface area contributed by atoms with E-state index in [1.807, 2.05) is 6.92 Å². The second kappa shape index (κ2) is 21.8. The Morgan fingerprint density at radius 1 is 0.651 bits per heavy atom. The van der Waals surface area contributed by atoms with E-state index in [2.05, 4.69) is 6.92 Å². The molecule has 2 heterocycles. The van der Waals surface area contributed by atoms with Crippen LogP contribution in [0.2, 0.25) is 0 Å². The van der Waals surface area contributed by atoms with E-state index < -0.39 is 74.0 Å². The lowest BCUT2D eigenvalue weighted by molar-refractivity contribution is -0.364. The van der Waals surface area contributed by atoms with Crippen molar-refractivity contribution in [2.45, 2.75) is 185 Å². The van der Waals surface area contributed by atoms with Gasteiger partial charge in [0.15, 0.2) is 18.7 Å². The van der Waals surface area contributed by atoms with Crippen molar-refractivity contribution >= 4 is 5.97 Å². The molecule has 11 nitrogen and oxygen atoms in total. The van der Waals surface area contributed by atoms with Gasteiger partial charge < -0.3 is 49.2 Å². The van der Waals surface area contributed by atoms with Crippen molar-refractivity contribution in [3.8, 4) is 0 Å². The summed E-state index contributed by atoms with van der Waals surface area (Å²) in [7, 11) is 0. The van der Waals surface area contributed by atoms with Crippen molar-refractivity contribution in [1.82, 2.24) is 0 Å². The molecule has 2 aliphatic heterocycles. The number of unbranched alkanes of at least 4 members (excludes halogenated alkanes) is 13. The Kier molecular flexibility index (Phi) is 19.4. The summed E-state index contributed by atoms with van der Waals surface area (Å²) in [5.74, 6) is -0.465. The van der Waals surface area contributed by atoms with Gasteiger partial charge in [-0.1, -0.05) is 97.3 Å². The smallest absolute Gasteiger partial charge is 0.306 e. The Labute approximate surface area is 258 Å². The number of rotatable bonds is 22. The highest BCUT2D eigenvalue weighted by Crippen LogP contribution is 2.31. The average Bonchev–Trinajstić information content (AvgIpc) is 2.99. The highest BCUT2D eigenvalue weighted by molar-refractivity contribution is 5.69. The maximum Gasteiger partial charge on any atom is 0.306 e. The average molecular weight is 621 g/mol. The van der Waals surface area contributed by atoms with Gasteiger partial charge in [-0.25, -0.2) is 0 Å². The van der Waals surface area contributed by atoms with Crippen LogP contribution in [0.25, 0.3) is 0 Å². The lowest BCUT2D eigenvalue weighted by Gasteiger charge is -2.46. The number of esters is 1. The second-order valence-corrected chi connectivity index (χ2v) is 12.2. The zero-order chi connectivity index (χ0) is 31.6. The van der Waals surface area contributed by atoms with E-state index in [1.165, 1.54) is 57.8 Å². The van der Waals surface area contributed by atoms with Crippen LogP contribution in [0.4, 0.5) is 0 Å². The third-order valence-corrected chi connectivity index (χ3v) is 8.42. The number of aliphatic hydroxyl groups excluding tert-OH is 5. The molecule has 0 aromatic heterocycles. The zero-order valence-electron chi connectivity index (χ0n) is 26.7. The largest absolute Gasteiger partial charge is 0.457 e. The first-order chi connectivity index (χ1) is 20.7. The Bertz CT molecular complexity index is 725. The lowest BCUT2D eigenvalue weighted by Crippen LogP contribution is -2.64. The fourth-order valence-corrected chi connectivity index (χ4v) is 5.61. The van der Waals surface area contributed by atoms with E-state index in [4.69, 9.17) is 23.7 Å². The van der Waals surface area contributed by atoms with E-state index in [9.17, 15) is 30.3 Å². The van der Waals surface area contributed by atoms with Crippen LogP contribution in [0.5, 0.6) is 0 Å². The summed E-state index contributed by atoms with van der Waals surface area (Å²) in [5.41, 5.74) is 0. The van der Waals surface area contributed by atoms with Crippen LogP contribution in [-0.4, -0.2) is 106 Å². The molecular weight excluding hydrogens is 560 g/mol. The quantitative estimate of drug-likeness (QED) is 0.0889. The van der Waals surface area contributed by atoms with Crippen LogP contribution >= 0.6 is 0 Å². The molecule has 0 spiro atoms. The SMILES string of the molecule is CCCCCCCCCCCCCCCC(=O)O[C@H]1C(C)O[C@@H](OC2[C@H](OCCCC)OC(CO)[C@@H](O)[C@@H]2O)C(O)[C@H]1O. The summed E-state index contributed by atoms with van der Waals surface area (Å²) in [4.78, 5) is 12.5. The molecule has 0 aliphatic carbocycles. The molecule has 2 rings (SSSR count). The molecule has 2 aliphatic rings. The Morgan fingerprint density at radius 3 is 1.74 bits per heavy atom. The van der Waals surface area contributed by atoms with Crippen molar-refractivity contribution in [1.29, 1.82) is 0 Å². The van der Waals surface area contributed by atoms with E-state index in [1.54, 1.807) is 6.92 Å². The summed E-state index contributed by atoms with van der Waals surface area (Å²) in [6.45, 7) is 5.55. The molecule has 0 bridgehead atoms. The van der Waals surface area contributed by atoms with Gasteiger partial charge >= 0.3 is 5.97 Å². The van der Waals surface area contributed by atoms with Gasteiger partial charge in [-0.15, -0.1) is 0 Å². The third-order valence-electron chi connectivity index (χ3n) is 8.42. The van der Waals surface area contributed by atoms with Crippen molar-refractivity contribution < 1.29 is 54.0 Å². The topological polar surface area (TPSA) is 164 Å². The molecular formula is C32H60O11. The molecule has 254 valence electrons. The van der Waals surface area contributed by atoms with Crippen LogP contribution in [0, 0.1) is 0 Å². The van der Waals surface area contributed by atoms with Crippen LogP contribution < -0.4 is 0 Å². The first-order valence-electron chi connectivity index (χ1n) is 16.9. The maximum absolute atomic E-state index is 12.5. The van der Waals surface area contributed by atoms with E-state index in [0.29, 0.717) is 12.8 Å². The number of carbonyl (C=O) groups excluding carboxylic acids is 1. The van der Waals surface area contributed by atoms with Crippen LogP contribution in [-0.2, 0) is 28.5 Å². The molecule has 0 amide bonds. The predicted octanol–water partition coefficient (Wildman–Crippen LogP) is 3.49. The summed E-state index contributed by atoms with van der Waals surface area (Å²) in [6, 6.07) is 0. The zero-order valence-corrected chi connectivity index (χ0v) is 26.7. The van der Waals surface area contributed by atoms with Crippen LogP contribution in [0.3, 0.4) is 0 Å². The van der Waals surface area contributed by atoms with Gasteiger partial charge in [0.05, 0.1) is 12.7 Å². The van der Waals surface area contributed by atoms with E-state index in [-0.39, 0.29) is 13.0 Å². The van der Waals surface area contributed by atoms with E-state index >= 15 is 0 Å². The normalized spacial score (nSPS) is 33.0. The molecule has 0 aromatic carbocycles. The first-order valence-corrected chi connectivity index (χ1v) is 16.9. The van der Waals surface area contributed by atoms with Gasteiger partial charge in [-0.05, 0) is 19.8 Å². The van der Waals surface area contributed by atoms with Gasteiger partial charge in [-0.3, -0.25) is 4.79 Å². The number of hydrogen-bond donors (Lipinski definition) is 5. The van der Waals surface area contributed by atoms with Crippen LogP contribution in [0.1, 0.15) is 124 Å². The lowest BCUT2D eigenvalue weighted by atomic mass is 9.97. The first kappa shape index (κ1) is 38.3. The minimum Gasteiger partial charge on any atom is -0.457 e. The van der Waals surface area contributed by atoms with Gasteiger partial charge in [0.2, 0.25) is 0 Å². The molecule has 2 saturated heterocycles. The molecule has 0 saturated carbocycles. The Balaban J connectivity index is 1.72. The molecule has 2 fully saturated rings. The maximum atomic E-state index is 12.5. The molecule has 11 heteroatoms. The number of aliphatic hydroxyl groups is 5. The Hall–Kier alpha value is -0.890. The predicted molar refractivity (Wildman–Crippen MR) is 160 cm³/mol. The Morgan fingerprint density at radius 2 is 1.19 bits per heavy atom. The number of ether oxygens (including phenoxy) is 5. The fourth-order valence-electron chi connectivity index (χ4n) is 5.61. The monoisotopic (exact) mass is 620 g/mol. The van der Waals surface area contributed by atoms with E-state index in [0.717, 1.165) is 25.7 Å². The molecule has 10 atom stereocenters. The molecule has 4 unspecified atom stereocenters. The summed E-state index contributed by atoms with van der Waals surface area (Å²) < 4.78 is 28.3. The summed E-state index contributed by atoms with van der Waals surface area (Å²) >= 11 is 0. The number of hydrogen-bond acceptors (Lipinski definition) is 11. The van der Waals surface area contributed by atoms with Gasteiger partial charge in [0, 0.05) is 13.0 Å². The van der Waals surface area contributed by atoms with Crippen molar-refractivity contribution in [3.63, 3.8) is 0 Å². The van der Waals surface area contributed by atoms with Gasteiger partial charge in [-0.2, -0.15) is 0 Å². The standard InChI is InChI=1S/C32H60O11/c1-4-6-8-9-10-11-12-13-14-15-16-17-18-19-24(34)42-29-22(3)40-31(28(38)27(29)37)43-30-26(36)25(35)23(21-33)41-32(30)39-20-7-5-2/h22-23,25-33,35-38H,4-21H2,1-3H3/t22?,23?,25-,26+,27-,28?,29+,30?,31+,32-/m1/s1.